The third-order valence-corrected chi connectivity index (χ3v) is 2.93. The molecule has 0 unspecified atom stereocenters. The lowest BCUT2D eigenvalue weighted by Gasteiger charge is -2.01. The van der Waals surface area contributed by atoms with Gasteiger partial charge >= 0.3 is 0 Å². The molecule has 1 aliphatic rings. The largest absolute Gasteiger partial charge is 0.326 e. The standard InChI is InChI=1S/C4H8ClNS/c5-3-1-7-2-4(3)6/h3-4H,1-2,6H2/t3-,4-/m1/s1. The van der Waals surface area contributed by atoms with Crippen molar-refractivity contribution in [2.45, 2.75) is 11.4 Å². The third-order valence-electron chi connectivity index (χ3n) is 1.05. The molecule has 0 aromatic rings. The first-order valence-corrected chi connectivity index (χ1v) is 3.87. The van der Waals surface area contributed by atoms with E-state index in [1.54, 1.807) is 0 Å². The topological polar surface area (TPSA) is 26.0 Å². The van der Waals surface area contributed by atoms with Gasteiger partial charge in [0.2, 0.25) is 0 Å². The van der Waals surface area contributed by atoms with E-state index in [1.807, 2.05) is 11.8 Å². The molecule has 0 aromatic heterocycles. The second-order valence-electron chi connectivity index (χ2n) is 1.72. The Balaban J connectivity index is 2.33. The smallest absolute Gasteiger partial charge is 0.0585 e. The minimum atomic E-state index is 0.227. The Morgan fingerprint density at radius 2 is 2.29 bits per heavy atom. The average Bonchev–Trinajstić information content (AvgIpc) is 1.91. The summed E-state index contributed by atoms with van der Waals surface area (Å²) in [6.45, 7) is 0. The number of thioether (sulfide) groups is 1. The number of halogens is 1. The van der Waals surface area contributed by atoms with Crippen molar-refractivity contribution in [1.29, 1.82) is 0 Å². The van der Waals surface area contributed by atoms with Gasteiger partial charge in [0.15, 0.2) is 0 Å². The number of hydrogen-bond acceptors (Lipinski definition) is 2. The van der Waals surface area contributed by atoms with Gasteiger partial charge in [-0.3, -0.25) is 0 Å². The molecular weight excluding hydrogens is 130 g/mol. The molecule has 1 rings (SSSR count). The Morgan fingerprint density at radius 1 is 1.57 bits per heavy atom. The summed E-state index contributed by atoms with van der Waals surface area (Å²) >= 11 is 7.55. The van der Waals surface area contributed by atoms with Crippen molar-refractivity contribution in [2.24, 2.45) is 5.73 Å². The van der Waals surface area contributed by atoms with E-state index in [4.69, 9.17) is 17.3 Å². The summed E-state index contributed by atoms with van der Waals surface area (Å²) < 4.78 is 0. The van der Waals surface area contributed by atoms with Crippen molar-refractivity contribution in [1.82, 2.24) is 0 Å². The second-order valence-corrected chi connectivity index (χ2v) is 3.35. The molecule has 2 N–H and O–H groups in total. The fourth-order valence-corrected chi connectivity index (χ4v) is 2.12. The monoisotopic (exact) mass is 137 g/mol. The molecule has 1 saturated heterocycles. The Hall–Kier alpha value is 0.600. The molecule has 0 amide bonds. The van der Waals surface area contributed by atoms with E-state index in [1.165, 1.54) is 0 Å². The van der Waals surface area contributed by atoms with Gasteiger partial charge < -0.3 is 5.73 Å². The number of rotatable bonds is 0. The molecule has 2 atom stereocenters. The van der Waals surface area contributed by atoms with Gasteiger partial charge in [0.05, 0.1) is 5.38 Å². The molecule has 0 bridgehead atoms. The maximum absolute atomic E-state index is 5.72. The molecule has 1 nitrogen and oxygen atoms in total. The second kappa shape index (κ2) is 2.25. The van der Waals surface area contributed by atoms with Crippen LogP contribution in [-0.2, 0) is 0 Å². The minimum Gasteiger partial charge on any atom is -0.326 e. The molecule has 0 spiro atoms. The highest BCUT2D eigenvalue weighted by Crippen LogP contribution is 2.20. The number of hydrogen-bond donors (Lipinski definition) is 1. The molecule has 1 aliphatic heterocycles. The molecule has 0 saturated carbocycles. The molecule has 0 radical (unpaired) electrons. The van der Waals surface area contributed by atoms with Gasteiger partial charge in [0.25, 0.3) is 0 Å². The molecule has 7 heavy (non-hydrogen) atoms. The van der Waals surface area contributed by atoms with Crippen molar-refractivity contribution >= 4 is 23.4 Å². The summed E-state index contributed by atoms with van der Waals surface area (Å²) in [6.07, 6.45) is 0. The predicted octanol–water partition coefficient (Wildman–Crippen LogP) is 0.668. The van der Waals surface area contributed by atoms with Crippen LogP contribution in [0.3, 0.4) is 0 Å². The summed E-state index contributed by atoms with van der Waals surface area (Å²) in [6, 6.07) is 0.242. The fraction of sp³-hybridized carbons (Fsp3) is 1.00. The van der Waals surface area contributed by atoms with Crippen molar-refractivity contribution in [3.8, 4) is 0 Å². The van der Waals surface area contributed by atoms with Crippen LogP contribution in [-0.4, -0.2) is 22.9 Å². The zero-order chi connectivity index (χ0) is 5.28. The Labute approximate surface area is 52.6 Å². The number of alkyl halides is 1. The number of nitrogens with two attached hydrogens (primary N) is 1. The molecule has 1 fully saturated rings. The first-order valence-electron chi connectivity index (χ1n) is 2.28. The van der Waals surface area contributed by atoms with Crippen LogP contribution in [0.15, 0.2) is 0 Å². The van der Waals surface area contributed by atoms with Gasteiger partial charge in [-0.1, -0.05) is 0 Å². The van der Waals surface area contributed by atoms with Gasteiger partial charge in [0, 0.05) is 17.5 Å². The summed E-state index contributed by atoms with van der Waals surface area (Å²) in [5, 5.41) is 0.227. The first-order chi connectivity index (χ1) is 3.30. The quantitative estimate of drug-likeness (QED) is 0.497. The van der Waals surface area contributed by atoms with Crippen molar-refractivity contribution in [3.05, 3.63) is 0 Å². The summed E-state index contributed by atoms with van der Waals surface area (Å²) in [5.74, 6) is 2.07. The van der Waals surface area contributed by atoms with Crippen LogP contribution in [0.5, 0.6) is 0 Å². The van der Waals surface area contributed by atoms with Crippen molar-refractivity contribution in [2.75, 3.05) is 11.5 Å². The molecule has 1 heterocycles. The lowest BCUT2D eigenvalue weighted by atomic mass is 10.3. The Kier molecular flexibility index (Phi) is 1.84. The van der Waals surface area contributed by atoms with Crippen LogP contribution in [0.25, 0.3) is 0 Å². The maximum atomic E-state index is 5.72. The van der Waals surface area contributed by atoms with Gasteiger partial charge in [-0.15, -0.1) is 11.6 Å². The normalized spacial score (nSPS) is 42.0. The van der Waals surface area contributed by atoms with Crippen molar-refractivity contribution < 1.29 is 0 Å². The minimum absolute atomic E-state index is 0.227. The van der Waals surface area contributed by atoms with Gasteiger partial charge in [0.1, 0.15) is 0 Å². The molecule has 0 aromatic carbocycles. The fourth-order valence-electron chi connectivity index (χ4n) is 0.545. The molecule has 3 heteroatoms. The highest BCUT2D eigenvalue weighted by atomic mass is 35.5. The molecular formula is C4H8ClNS. The van der Waals surface area contributed by atoms with Gasteiger partial charge in [-0.05, 0) is 0 Å². The zero-order valence-corrected chi connectivity index (χ0v) is 5.50. The highest BCUT2D eigenvalue weighted by molar-refractivity contribution is 7.99. The van der Waals surface area contributed by atoms with Crippen molar-refractivity contribution in [3.63, 3.8) is 0 Å². The van der Waals surface area contributed by atoms with Gasteiger partial charge in [-0.25, -0.2) is 0 Å². The summed E-state index contributed by atoms with van der Waals surface area (Å²) in [5.41, 5.74) is 5.53. The lowest BCUT2D eigenvalue weighted by molar-refractivity contribution is 0.767. The van der Waals surface area contributed by atoms with Gasteiger partial charge in [-0.2, -0.15) is 11.8 Å². The summed E-state index contributed by atoms with van der Waals surface area (Å²) in [7, 11) is 0. The first kappa shape index (κ1) is 5.73. The molecule has 0 aliphatic carbocycles. The highest BCUT2D eigenvalue weighted by Gasteiger charge is 2.21. The maximum Gasteiger partial charge on any atom is 0.0585 e. The van der Waals surface area contributed by atoms with Crippen LogP contribution in [0.1, 0.15) is 0 Å². The van der Waals surface area contributed by atoms with E-state index >= 15 is 0 Å². The predicted molar refractivity (Wildman–Crippen MR) is 34.9 cm³/mol. The third kappa shape index (κ3) is 1.24. The van der Waals surface area contributed by atoms with E-state index in [9.17, 15) is 0 Å². The average molecular weight is 138 g/mol. The van der Waals surface area contributed by atoms with E-state index in [0.29, 0.717) is 0 Å². The van der Waals surface area contributed by atoms with E-state index in [2.05, 4.69) is 0 Å². The van der Waals surface area contributed by atoms with E-state index in [0.717, 1.165) is 11.5 Å². The van der Waals surface area contributed by atoms with Crippen LogP contribution in [0.2, 0.25) is 0 Å². The summed E-state index contributed by atoms with van der Waals surface area (Å²) in [4.78, 5) is 0. The molecule has 42 valence electrons. The Morgan fingerprint density at radius 3 is 2.43 bits per heavy atom. The SMILES string of the molecule is N[C@@H]1CSC[C@H]1Cl. The van der Waals surface area contributed by atoms with Crippen LogP contribution in [0, 0.1) is 0 Å². The Bertz CT molecular complexity index is 60.7. The van der Waals surface area contributed by atoms with Crippen LogP contribution < -0.4 is 5.73 Å². The van der Waals surface area contributed by atoms with Crippen LogP contribution >= 0.6 is 23.4 Å². The van der Waals surface area contributed by atoms with E-state index in [-0.39, 0.29) is 11.4 Å². The van der Waals surface area contributed by atoms with E-state index < -0.39 is 0 Å². The zero-order valence-electron chi connectivity index (χ0n) is 3.93. The van der Waals surface area contributed by atoms with Crippen LogP contribution in [0.4, 0.5) is 0 Å². The lowest BCUT2D eigenvalue weighted by Crippen LogP contribution is -2.28.